The zero-order chi connectivity index (χ0) is 23.4. The van der Waals surface area contributed by atoms with E-state index in [-0.39, 0.29) is 0 Å². The van der Waals surface area contributed by atoms with Crippen LogP contribution >= 0.6 is 0 Å². The van der Waals surface area contributed by atoms with Crippen molar-refractivity contribution in [3.05, 3.63) is 67.0 Å². The zero-order valence-corrected chi connectivity index (χ0v) is 19.1. The molecule has 0 saturated carbocycles. The molecular weight excluding hydrogens is 414 g/mol. The molecule has 1 N–H and O–H groups in total. The molecule has 166 valence electrons. The number of aromatic nitrogens is 6. The lowest BCUT2D eigenvalue weighted by molar-refractivity contribution is 0.946. The minimum absolute atomic E-state index is 0.434. The Bertz CT molecular complexity index is 1420. The van der Waals surface area contributed by atoms with Crippen molar-refractivity contribution in [2.24, 2.45) is 14.1 Å². The Kier molecular flexibility index (Phi) is 6.17. The fraction of sp³-hybridized carbons (Fsp3) is 0.208. The highest BCUT2D eigenvalue weighted by Gasteiger charge is 2.08. The van der Waals surface area contributed by atoms with Crippen LogP contribution in [0.3, 0.4) is 0 Å². The van der Waals surface area contributed by atoms with Gasteiger partial charge < -0.3 is 19.4 Å². The molecule has 9 heteroatoms. The number of hydrogen-bond acceptors (Lipinski definition) is 7. The van der Waals surface area contributed by atoms with Crippen molar-refractivity contribution >= 4 is 39.4 Å². The smallest absolute Gasteiger partial charge is 0.134 e. The van der Waals surface area contributed by atoms with Crippen LogP contribution in [0.1, 0.15) is 5.56 Å². The molecule has 0 aliphatic heterocycles. The number of imidazole rings is 2. The van der Waals surface area contributed by atoms with Crippen molar-refractivity contribution < 1.29 is 0 Å². The minimum atomic E-state index is 0.434. The third kappa shape index (κ3) is 4.60. The van der Waals surface area contributed by atoms with Gasteiger partial charge in [-0.15, -0.1) is 0 Å². The first-order valence-electron chi connectivity index (χ1n) is 10.4. The lowest BCUT2D eigenvalue weighted by Crippen LogP contribution is -2.11. The second-order valence-electron chi connectivity index (χ2n) is 7.61. The second-order valence-corrected chi connectivity index (χ2v) is 7.61. The predicted octanol–water partition coefficient (Wildman–Crippen LogP) is 3.81. The number of aryl methyl sites for hydroxylation is 2. The summed E-state index contributed by atoms with van der Waals surface area (Å²) < 4.78 is 3.95. The minimum Gasteiger partial charge on any atom is -0.373 e. The molecular formula is C24H25N9. The zero-order valence-electron chi connectivity index (χ0n) is 19.1. The number of nitriles is 1. The van der Waals surface area contributed by atoms with Crippen molar-refractivity contribution in [2.45, 2.75) is 6.42 Å². The summed E-state index contributed by atoms with van der Waals surface area (Å²) in [7, 11) is 7.76. The van der Waals surface area contributed by atoms with Gasteiger partial charge in [0.2, 0.25) is 0 Å². The molecule has 5 rings (SSSR count). The van der Waals surface area contributed by atoms with Gasteiger partial charge in [-0.25, -0.2) is 19.9 Å². The van der Waals surface area contributed by atoms with E-state index in [9.17, 15) is 0 Å². The SMILES string of the molecule is CN(c1ccc(CC#N)cc1)c1cc2c(cn1)ncn2C.CNc1cc2c(cn1)ncn2C. The van der Waals surface area contributed by atoms with Gasteiger partial charge in [0.25, 0.3) is 0 Å². The van der Waals surface area contributed by atoms with Crippen molar-refractivity contribution in [2.75, 3.05) is 24.3 Å². The van der Waals surface area contributed by atoms with Crippen LogP contribution in [0.25, 0.3) is 22.1 Å². The monoisotopic (exact) mass is 439 g/mol. The van der Waals surface area contributed by atoms with Crippen molar-refractivity contribution in [3.63, 3.8) is 0 Å². The Morgan fingerprint density at radius 3 is 2.12 bits per heavy atom. The number of anilines is 3. The van der Waals surface area contributed by atoms with E-state index in [0.29, 0.717) is 6.42 Å². The summed E-state index contributed by atoms with van der Waals surface area (Å²) in [6, 6.07) is 14.1. The van der Waals surface area contributed by atoms with Crippen molar-refractivity contribution in [1.29, 1.82) is 5.26 Å². The summed E-state index contributed by atoms with van der Waals surface area (Å²) in [5, 5.41) is 11.7. The maximum Gasteiger partial charge on any atom is 0.134 e. The maximum absolute atomic E-state index is 8.70. The molecule has 0 aliphatic rings. The highest BCUT2D eigenvalue weighted by atomic mass is 15.2. The Morgan fingerprint density at radius 2 is 1.52 bits per heavy atom. The van der Waals surface area contributed by atoms with Crippen LogP contribution in [-0.2, 0) is 20.5 Å². The van der Waals surface area contributed by atoms with E-state index in [1.165, 1.54) is 0 Å². The quantitative estimate of drug-likeness (QED) is 0.454. The Labute approximate surface area is 192 Å². The van der Waals surface area contributed by atoms with Crippen LogP contribution in [0.4, 0.5) is 17.3 Å². The fourth-order valence-electron chi connectivity index (χ4n) is 3.43. The van der Waals surface area contributed by atoms with Gasteiger partial charge in [0.05, 0.1) is 48.6 Å². The first-order valence-corrected chi connectivity index (χ1v) is 10.4. The first kappa shape index (κ1) is 21.8. The van der Waals surface area contributed by atoms with E-state index < -0.39 is 0 Å². The van der Waals surface area contributed by atoms with Crippen molar-refractivity contribution in [3.8, 4) is 6.07 Å². The van der Waals surface area contributed by atoms with Gasteiger partial charge in [-0.05, 0) is 17.7 Å². The van der Waals surface area contributed by atoms with Gasteiger partial charge in [-0.2, -0.15) is 5.26 Å². The summed E-state index contributed by atoms with van der Waals surface area (Å²) >= 11 is 0. The highest BCUT2D eigenvalue weighted by molar-refractivity contribution is 5.79. The maximum atomic E-state index is 8.70. The third-order valence-electron chi connectivity index (χ3n) is 5.42. The number of pyridine rings is 2. The Hall–Kier alpha value is -4.45. The molecule has 0 aliphatic carbocycles. The van der Waals surface area contributed by atoms with Gasteiger partial charge in [-0.1, -0.05) is 12.1 Å². The number of nitrogens with zero attached hydrogens (tertiary/aromatic N) is 8. The van der Waals surface area contributed by atoms with E-state index in [1.54, 1.807) is 25.0 Å². The van der Waals surface area contributed by atoms with Crippen LogP contribution in [0.15, 0.2) is 61.4 Å². The number of nitrogens with one attached hydrogen (secondary N) is 1. The summed E-state index contributed by atoms with van der Waals surface area (Å²) in [6.07, 6.45) is 7.55. The Morgan fingerprint density at radius 1 is 0.909 bits per heavy atom. The van der Waals surface area contributed by atoms with E-state index in [4.69, 9.17) is 5.26 Å². The molecule has 0 saturated heterocycles. The summed E-state index contributed by atoms with van der Waals surface area (Å²) in [5.41, 5.74) is 6.01. The number of hydrogen-bond donors (Lipinski definition) is 1. The fourth-order valence-corrected chi connectivity index (χ4v) is 3.43. The van der Waals surface area contributed by atoms with Crippen LogP contribution in [-0.4, -0.2) is 43.2 Å². The third-order valence-corrected chi connectivity index (χ3v) is 5.42. The van der Waals surface area contributed by atoms with E-state index in [2.05, 4.69) is 31.3 Å². The molecule has 0 spiro atoms. The molecule has 1 aromatic carbocycles. The van der Waals surface area contributed by atoms with Gasteiger partial charge in [-0.3, -0.25) is 0 Å². The van der Waals surface area contributed by atoms with Gasteiger partial charge in [0, 0.05) is 46.0 Å². The molecule has 0 unspecified atom stereocenters. The predicted molar refractivity (Wildman–Crippen MR) is 130 cm³/mol. The average molecular weight is 440 g/mol. The van der Waals surface area contributed by atoms with E-state index in [1.807, 2.05) is 78.6 Å². The molecule has 0 bridgehead atoms. The lowest BCUT2D eigenvalue weighted by Gasteiger charge is -2.18. The van der Waals surface area contributed by atoms with Crippen LogP contribution in [0, 0.1) is 11.3 Å². The molecule has 4 heterocycles. The molecule has 0 radical (unpaired) electrons. The van der Waals surface area contributed by atoms with Gasteiger partial charge in [0.1, 0.15) is 22.7 Å². The molecule has 0 amide bonds. The standard InChI is InChI=1S/C16H15N5.C8H10N4/c1-20-11-19-14-10-18-16(9-15(14)20)21(2)13-5-3-12(4-6-13)7-8-17;1-9-8-3-7-6(4-10-8)11-5-12(7)2/h3-6,9-11H,7H2,1-2H3;3-5H,1-2H3,(H,9,10). The number of benzene rings is 1. The largest absolute Gasteiger partial charge is 0.373 e. The average Bonchev–Trinajstić information content (AvgIpc) is 3.41. The topological polar surface area (TPSA) is 100 Å². The molecule has 9 nitrogen and oxygen atoms in total. The lowest BCUT2D eigenvalue weighted by atomic mass is 10.1. The summed E-state index contributed by atoms with van der Waals surface area (Å²) in [5.74, 6) is 1.73. The van der Waals surface area contributed by atoms with Crippen LogP contribution < -0.4 is 10.2 Å². The first-order chi connectivity index (χ1) is 16.0. The highest BCUT2D eigenvalue weighted by Crippen LogP contribution is 2.24. The summed E-state index contributed by atoms with van der Waals surface area (Å²) in [6.45, 7) is 0. The summed E-state index contributed by atoms with van der Waals surface area (Å²) in [4.78, 5) is 19.1. The number of fused-ring (bicyclic) bond motifs is 2. The normalized spacial score (nSPS) is 10.5. The second kappa shape index (κ2) is 9.36. The molecule has 33 heavy (non-hydrogen) atoms. The van der Waals surface area contributed by atoms with Crippen LogP contribution in [0.2, 0.25) is 0 Å². The molecule has 4 aromatic heterocycles. The molecule has 5 aromatic rings. The van der Waals surface area contributed by atoms with Crippen molar-refractivity contribution in [1.82, 2.24) is 29.1 Å². The number of rotatable bonds is 4. The van der Waals surface area contributed by atoms with Gasteiger partial charge >= 0.3 is 0 Å². The molecule has 0 atom stereocenters. The van der Waals surface area contributed by atoms with E-state index >= 15 is 0 Å². The van der Waals surface area contributed by atoms with E-state index in [0.717, 1.165) is 45.0 Å². The van der Waals surface area contributed by atoms with Gasteiger partial charge in [0.15, 0.2) is 0 Å². The Balaban J connectivity index is 0.000000183. The van der Waals surface area contributed by atoms with Crippen LogP contribution in [0.5, 0.6) is 0 Å². The molecule has 0 fully saturated rings.